The number of halogens is 2. The van der Waals surface area contributed by atoms with Crippen LogP contribution in [0.1, 0.15) is 40.9 Å². The molecule has 32 heavy (non-hydrogen) atoms. The second-order valence-corrected chi connectivity index (χ2v) is 7.52. The first-order chi connectivity index (χ1) is 15.5. The Morgan fingerprint density at radius 1 is 1.06 bits per heavy atom. The highest BCUT2D eigenvalue weighted by molar-refractivity contribution is 6.04. The van der Waals surface area contributed by atoms with Crippen LogP contribution in [0.15, 0.2) is 66.7 Å². The van der Waals surface area contributed by atoms with Crippen molar-refractivity contribution in [3.05, 3.63) is 95.1 Å². The Labute approximate surface area is 184 Å². The Morgan fingerprint density at radius 3 is 2.47 bits per heavy atom. The highest BCUT2D eigenvalue weighted by atomic mass is 19.1. The van der Waals surface area contributed by atoms with E-state index in [2.05, 4.69) is 5.32 Å². The maximum atomic E-state index is 13.9. The van der Waals surface area contributed by atoms with E-state index in [1.54, 1.807) is 23.1 Å². The molecule has 0 bridgehead atoms. The molecule has 7 heteroatoms. The third kappa shape index (κ3) is 4.32. The molecule has 3 aromatic rings. The minimum atomic E-state index is -0.939. The van der Waals surface area contributed by atoms with E-state index >= 15 is 0 Å². The van der Waals surface area contributed by atoms with E-state index in [-0.39, 0.29) is 25.1 Å². The van der Waals surface area contributed by atoms with Crippen LogP contribution in [0.4, 0.5) is 14.5 Å². The van der Waals surface area contributed by atoms with E-state index in [1.165, 1.54) is 6.07 Å². The molecule has 1 aliphatic rings. The SMILES string of the molecule is CCC(c1ccccc1)N1Cc2cc(NC(=O)c3c(F)cccc3F)ccc2OCC1=O. The lowest BCUT2D eigenvalue weighted by molar-refractivity contribution is -0.135. The molecule has 0 saturated carbocycles. The van der Waals surface area contributed by atoms with Crippen molar-refractivity contribution < 1.29 is 23.1 Å². The summed E-state index contributed by atoms with van der Waals surface area (Å²) in [6, 6.07) is 17.7. The van der Waals surface area contributed by atoms with Gasteiger partial charge < -0.3 is 15.0 Å². The summed E-state index contributed by atoms with van der Waals surface area (Å²) in [5.74, 6) is -2.38. The Morgan fingerprint density at radius 2 is 1.78 bits per heavy atom. The number of carbonyl (C=O) groups excluding carboxylic acids is 2. The number of hydrogen-bond donors (Lipinski definition) is 1. The van der Waals surface area contributed by atoms with Gasteiger partial charge in [-0.1, -0.05) is 43.3 Å². The number of ether oxygens (including phenoxy) is 1. The van der Waals surface area contributed by atoms with Crippen LogP contribution in [-0.4, -0.2) is 23.3 Å². The number of rotatable bonds is 5. The minimum absolute atomic E-state index is 0.0948. The zero-order chi connectivity index (χ0) is 22.7. The van der Waals surface area contributed by atoms with Crippen molar-refractivity contribution >= 4 is 17.5 Å². The van der Waals surface area contributed by atoms with E-state index in [1.807, 2.05) is 37.3 Å². The van der Waals surface area contributed by atoms with Gasteiger partial charge in [-0.15, -0.1) is 0 Å². The number of benzene rings is 3. The fourth-order valence-corrected chi connectivity index (χ4v) is 3.92. The Kier molecular flexibility index (Phi) is 6.16. The Hall–Kier alpha value is -3.74. The van der Waals surface area contributed by atoms with E-state index in [9.17, 15) is 18.4 Å². The number of hydrogen-bond acceptors (Lipinski definition) is 3. The maximum Gasteiger partial charge on any atom is 0.261 e. The number of amides is 2. The molecule has 0 radical (unpaired) electrons. The van der Waals surface area contributed by atoms with Gasteiger partial charge in [-0.25, -0.2) is 8.78 Å². The Bertz CT molecular complexity index is 1130. The number of nitrogens with one attached hydrogen (secondary N) is 1. The zero-order valence-electron chi connectivity index (χ0n) is 17.5. The van der Waals surface area contributed by atoms with Gasteiger partial charge in [-0.3, -0.25) is 9.59 Å². The van der Waals surface area contributed by atoms with E-state index in [4.69, 9.17) is 4.74 Å². The quantitative estimate of drug-likeness (QED) is 0.606. The van der Waals surface area contributed by atoms with Gasteiger partial charge >= 0.3 is 0 Å². The third-order valence-electron chi connectivity index (χ3n) is 5.47. The largest absolute Gasteiger partial charge is 0.483 e. The highest BCUT2D eigenvalue weighted by Crippen LogP contribution is 2.32. The molecule has 1 heterocycles. The predicted molar refractivity (Wildman–Crippen MR) is 116 cm³/mol. The fourth-order valence-electron chi connectivity index (χ4n) is 3.92. The summed E-state index contributed by atoms with van der Waals surface area (Å²) in [7, 11) is 0. The van der Waals surface area contributed by atoms with E-state index < -0.39 is 23.1 Å². The lowest BCUT2D eigenvalue weighted by Gasteiger charge is -2.30. The van der Waals surface area contributed by atoms with Gasteiger partial charge in [0.1, 0.15) is 22.9 Å². The van der Waals surface area contributed by atoms with Gasteiger partial charge in [0, 0.05) is 11.3 Å². The van der Waals surface area contributed by atoms with Crippen molar-refractivity contribution in [2.24, 2.45) is 0 Å². The second-order valence-electron chi connectivity index (χ2n) is 7.52. The lowest BCUT2D eigenvalue weighted by Crippen LogP contribution is -2.35. The molecule has 5 nitrogen and oxygen atoms in total. The molecule has 4 rings (SSSR count). The summed E-state index contributed by atoms with van der Waals surface area (Å²) in [5, 5.41) is 2.53. The highest BCUT2D eigenvalue weighted by Gasteiger charge is 2.28. The number of nitrogens with zero attached hydrogens (tertiary/aromatic N) is 1. The van der Waals surface area contributed by atoms with Crippen molar-refractivity contribution in [3.8, 4) is 5.75 Å². The monoisotopic (exact) mass is 436 g/mol. The molecule has 1 aliphatic heterocycles. The lowest BCUT2D eigenvalue weighted by atomic mass is 10.0. The third-order valence-corrected chi connectivity index (χ3v) is 5.47. The summed E-state index contributed by atoms with van der Waals surface area (Å²) < 4.78 is 33.6. The van der Waals surface area contributed by atoms with Crippen molar-refractivity contribution in [2.75, 3.05) is 11.9 Å². The molecule has 1 atom stereocenters. The van der Waals surface area contributed by atoms with Crippen LogP contribution in [0, 0.1) is 11.6 Å². The molecule has 0 fully saturated rings. The molecular formula is C25H22F2N2O3. The smallest absolute Gasteiger partial charge is 0.261 e. The first kappa shape index (κ1) is 21.5. The van der Waals surface area contributed by atoms with Crippen LogP contribution < -0.4 is 10.1 Å². The summed E-state index contributed by atoms with van der Waals surface area (Å²) in [6.07, 6.45) is 0.716. The number of anilines is 1. The van der Waals surface area contributed by atoms with Crippen molar-refractivity contribution in [1.29, 1.82) is 0 Å². The van der Waals surface area contributed by atoms with Gasteiger partial charge in [-0.2, -0.15) is 0 Å². The maximum absolute atomic E-state index is 13.9. The fraction of sp³-hybridized carbons (Fsp3) is 0.200. The number of carbonyl (C=O) groups is 2. The second kappa shape index (κ2) is 9.18. The van der Waals surface area contributed by atoms with Crippen LogP contribution in [0.25, 0.3) is 0 Å². The van der Waals surface area contributed by atoms with Gasteiger partial charge in [0.15, 0.2) is 6.61 Å². The average Bonchev–Trinajstić information content (AvgIpc) is 2.94. The first-order valence-corrected chi connectivity index (χ1v) is 10.3. The molecule has 0 spiro atoms. The minimum Gasteiger partial charge on any atom is -0.483 e. The van der Waals surface area contributed by atoms with Crippen LogP contribution in [0.5, 0.6) is 5.75 Å². The standard InChI is InChI=1S/C25H22F2N2O3/c1-2-21(16-7-4-3-5-8-16)29-14-17-13-18(11-12-22(17)32-15-23(29)30)28-25(31)24-19(26)9-6-10-20(24)27/h3-13,21H,2,14-15H2,1H3,(H,28,31). The van der Waals surface area contributed by atoms with Gasteiger partial charge in [0.05, 0.1) is 12.6 Å². The number of fused-ring (bicyclic) bond motifs is 1. The summed E-state index contributed by atoms with van der Waals surface area (Å²) >= 11 is 0. The molecule has 0 saturated heterocycles. The first-order valence-electron chi connectivity index (χ1n) is 10.3. The van der Waals surface area contributed by atoms with Gasteiger partial charge in [0.2, 0.25) is 0 Å². The topological polar surface area (TPSA) is 58.6 Å². The molecule has 1 N–H and O–H groups in total. The summed E-state index contributed by atoms with van der Waals surface area (Å²) in [4.78, 5) is 27.0. The predicted octanol–water partition coefficient (Wildman–Crippen LogP) is 5.09. The summed E-state index contributed by atoms with van der Waals surface area (Å²) in [6.45, 7) is 2.19. The van der Waals surface area contributed by atoms with Crippen LogP contribution >= 0.6 is 0 Å². The molecule has 2 amide bonds. The van der Waals surface area contributed by atoms with Gasteiger partial charge in [-0.05, 0) is 42.3 Å². The van der Waals surface area contributed by atoms with Crippen molar-refractivity contribution in [3.63, 3.8) is 0 Å². The molecule has 164 valence electrons. The van der Waals surface area contributed by atoms with E-state index in [0.717, 1.165) is 17.7 Å². The molecule has 0 aliphatic carbocycles. The molecule has 0 aromatic heterocycles. The zero-order valence-corrected chi connectivity index (χ0v) is 17.5. The van der Waals surface area contributed by atoms with Gasteiger partial charge in [0.25, 0.3) is 11.8 Å². The van der Waals surface area contributed by atoms with Crippen LogP contribution in [0.2, 0.25) is 0 Å². The average molecular weight is 436 g/mol. The van der Waals surface area contributed by atoms with Crippen molar-refractivity contribution in [2.45, 2.75) is 25.9 Å². The molecule has 3 aromatic carbocycles. The molecular weight excluding hydrogens is 414 g/mol. The van der Waals surface area contributed by atoms with Crippen LogP contribution in [0.3, 0.4) is 0 Å². The van der Waals surface area contributed by atoms with Crippen molar-refractivity contribution in [1.82, 2.24) is 4.90 Å². The Balaban J connectivity index is 1.61. The summed E-state index contributed by atoms with van der Waals surface area (Å²) in [5.41, 5.74) is 1.41. The van der Waals surface area contributed by atoms with E-state index in [0.29, 0.717) is 23.4 Å². The van der Waals surface area contributed by atoms with Crippen LogP contribution in [-0.2, 0) is 11.3 Å². The molecule has 1 unspecified atom stereocenters. The normalized spacial score (nSPS) is 14.2.